The second-order valence-electron chi connectivity index (χ2n) is 7.59. The minimum Gasteiger partial charge on any atom is -0.478 e. The van der Waals surface area contributed by atoms with E-state index in [9.17, 15) is 22.8 Å². The van der Waals surface area contributed by atoms with Gasteiger partial charge in [-0.2, -0.15) is 13.2 Å². The van der Waals surface area contributed by atoms with Crippen LogP contribution in [0.4, 0.5) is 13.2 Å². The molecule has 0 radical (unpaired) electrons. The number of nitrogens with one attached hydrogen (secondary N) is 1. The third-order valence-corrected chi connectivity index (χ3v) is 4.87. The molecule has 31 heavy (non-hydrogen) atoms. The lowest BCUT2D eigenvalue weighted by molar-refractivity contribution is -0.138. The van der Waals surface area contributed by atoms with Gasteiger partial charge in [-0.15, -0.1) is 0 Å². The van der Waals surface area contributed by atoms with E-state index >= 15 is 0 Å². The van der Waals surface area contributed by atoms with Gasteiger partial charge in [-0.05, 0) is 43.5 Å². The Kier molecular flexibility index (Phi) is 11.0. The fourth-order valence-electron chi connectivity index (χ4n) is 3.36. The van der Waals surface area contributed by atoms with Gasteiger partial charge in [0.15, 0.2) is 0 Å². The molecule has 1 aromatic carbocycles. The Balaban J connectivity index is 0.000000512. The number of halogens is 4. The molecule has 0 unspecified atom stereocenters. The maximum absolute atomic E-state index is 13.4. The number of carboxylic acids is 2. The van der Waals surface area contributed by atoms with Gasteiger partial charge in [0.05, 0.1) is 10.6 Å². The number of carboxylic acid groups (broad SMARTS) is 2. The van der Waals surface area contributed by atoms with Crippen LogP contribution in [-0.2, 0) is 22.3 Å². The van der Waals surface area contributed by atoms with Gasteiger partial charge in [0.1, 0.15) is 0 Å². The van der Waals surface area contributed by atoms with Crippen LogP contribution < -0.4 is 5.32 Å². The molecule has 0 saturated carbocycles. The number of carbonyl (C=O) groups is 2. The molecule has 1 aliphatic heterocycles. The molecule has 174 valence electrons. The molecule has 3 N–H and O–H groups in total. The van der Waals surface area contributed by atoms with Crippen LogP contribution in [0.3, 0.4) is 0 Å². The maximum atomic E-state index is 13.4. The minimum absolute atomic E-state index is 0.218. The average molecular weight is 465 g/mol. The van der Waals surface area contributed by atoms with E-state index in [2.05, 4.69) is 24.1 Å². The van der Waals surface area contributed by atoms with E-state index in [1.807, 2.05) is 0 Å². The van der Waals surface area contributed by atoms with Crippen LogP contribution in [0.2, 0.25) is 5.02 Å². The summed E-state index contributed by atoms with van der Waals surface area (Å²) in [5.74, 6) is -2.11. The number of rotatable bonds is 7. The molecule has 1 fully saturated rings. The highest BCUT2D eigenvalue weighted by Crippen LogP contribution is 2.38. The molecule has 0 bridgehead atoms. The summed E-state index contributed by atoms with van der Waals surface area (Å²) in [7, 11) is 0. The number of aliphatic carboxylic acids is 2. The van der Waals surface area contributed by atoms with Crippen LogP contribution in [0.25, 0.3) is 0 Å². The first-order chi connectivity index (χ1) is 14.4. The number of piperidine rings is 1. The van der Waals surface area contributed by atoms with Crippen molar-refractivity contribution in [2.24, 2.45) is 5.92 Å². The van der Waals surface area contributed by atoms with E-state index in [0.29, 0.717) is 24.1 Å². The summed E-state index contributed by atoms with van der Waals surface area (Å²) in [6, 6.07) is 4.77. The largest absolute Gasteiger partial charge is 0.478 e. The van der Waals surface area contributed by atoms with E-state index in [0.717, 1.165) is 32.5 Å². The molecule has 1 aliphatic rings. The Bertz CT molecular complexity index is 747. The SMILES string of the molecule is CC(C)CN(Cc1cccc(Cl)c1C(F)(F)F)C1CCNCC1.O=C(O)/C=C/C(=O)O. The number of nitrogens with zero attached hydrogens (tertiary/aromatic N) is 1. The molecule has 1 heterocycles. The van der Waals surface area contributed by atoms with Crippen LogP contribution in [0.15, 0.2) is 30.4 Å². The first-order valence-corrected chi connectivity index (χ1v) is 10.2. The zero-order valence-electron chi connectivity index (χ0n) is 17.5. The first kappa shape index (κ1) is 26.9. The predicted octanol–water partition coefficient (Wildman–Crippen LogP) is 4.28. The van der Waals surface area contributed by atoms with Crippen molar-refractivity contribution in [3.63, 3.8) is 0 Å². The van der Waals surface area contributed by atoms with Crippen molar-refractivity contribution < 1.29 is 33.0 Å². The lowest BCUT2D eigenvalue weighted by Gasteiger charge is -2.36. The van der Waals surface area contributed by atoms with Crippen molar-refractivity contribution >= 4 is 23.5 Å². The van der Waals surface area contributed by atoms with E-state index in [1.54, 1.807) is 12.1 Å². The first-order valence-electron chi connectivity index (χ1n) is 9.85. The fourth-order valence-corrected chi connectivity index (χ4v) is 3.66. The molecule has 1 aromatic rings. The Morgan fingerprint density at radius 2 is 1.74 bits per heavy atom. The van der Waals surface area contributed by atoms with Gasteiger partial charge in [0, 0.05) is 31.3 Å². The summed E-state index contributed by atoms with van der Waals surface area (Å²) in [5, 5.41) is 18.7. The zero-order valence-corrected chi connectivity index (χ0v) is 18.2. The molecular formula is C21H28ClF3N2O4. The van der Waals surface area contributed by atoms with E-state index in [4.69, 9.17) is 21.8 Å². The van der Waals surface area contributed by atoms with Crippen LogP contribution >= 0.6 is 11.6 Å². The minimum atomic E-state index is -4.43. The number of alkyl halides is 3. The Labute approximate surface area is 184 Å². The average Bonchev–Trinajstić information content (AvgIpc) is 2.66. The Morgan fingerprint density at radius 1 is 1.19 bits per heavy atom. The summed E-state index contributed by atoms with van der Waals surface area (Å²) in [6.45, 7) is 7.10. The third kappa shape index (κ3) is 10.2. The predicted molar refractivity (Wildman–Crippen MR) is 112 cm³/mol. The fraction of sp³-hybridized carbons (Fsp3) is 0.524. The van der Waals surface area contributed by atoms with Crippen LogP contribution in [0.5, 0.6) is 0 Å². The van der Waals surface area contributed by atoms with Crippen LogP contribution in [0.1, 0.15) is 37.8 Å². The third-order valence-electron chi connectivity index (χ3n) is 4.55. The highest BCUT2D eigenvalue weighted by Gasteiger charge is 2.36. The van der Waals surface area contributed by atoms with E-state index in [-0.39, 0.29) is 17.1 Å². The lowest BCUT2D eigenvalue weighted by atomic mass is 10.00. The summed E-state index contributed by atoms with van der Waals surface area (Å²) in [5.41, 5.74) is -0.423. The second kappa shape index (κ2) is 12.7. The van der Waals surface area contributed by atoms with Gasteiger partial charge in [0.25, 0.3) is 0 Å². The van der Waals surface area contributed by atoms with Crippen molar-refractivity contribution in [3.05, 3.63) is 46.5 Å². The summed E-state index contributed by atoms with van der Waals surface area (Å²) in [4.78, 5) is 21.3. The molecular weight excluding hydrogens is 437 g/mol. The van der Waals surface area contributed by atoms with Gasteiger partial charge in [-0.25, -0.2) is 9.59 Å². The molecule has 0 amide bonds. The molecule has 10 heteroatoms. The number of hydrogen-bond acceptors (Lipinski definition) is 4. The topological polar surface area (TPSA) is 89.9 Å². The van der Waals surface area contributed by atoms with Crippen molar-refractivity contribution in [1.29, 1.82) is 0 Å². The van der Waals surface area contributed by atoms with E-state index < -0.39 is 23.7 Å². The Morgan fingerprint density at radius 3 is 2.19 bits per heavy atom. The second-order valence-corrected chi connectivity index (χ2v) is 7.99. The molecule has 0 atom stereocenters. The van der Waals surface area contributed by atoms with E-state index in [1.165, 1.54) is 6.07 Å². The molecule has 6 nitrogen and oxygen atoms in total. The van der Waals surface area contributed by atoms with Crippen LogP contribution in [-0.4, -0.2) is 52.7 Å². The van der Waals surface area contributed by atoms with Crippen molar-refractivity contribution in [2.75, 3.05) is 19.6 Å². The van der Waals surface area contributed by atoms with Gasteiger partial charge < -0.3 is 15.5 Å². The number of hydrogen-bond donors (Lipinski definition) is 3. The number of benzene rings is 1. The normalized spacial score (nSPS) is 15.2. The molecule has 0 spiro atoms. The maximum Gasteiger partial charge on any atom is 0.418 e. The molecule has 0 aliphatic carbocycles. The zero-order chi connectivity index (χ0) is 23.6. The van der Waals surface area contributed by atoms with Gasteiger partial charge >= 0.3 is 18.1 Å². The highest BCUT2D eigenvalue weighted by molar-refractivity contribution is 6.31. The highest BCUT2D eigenvalue weighted by atomic mass is 35.5. The molecule has 2 rings (SSSR count). The van der Waals surface area contributed by atoms with Crippen LogP contribution in [0, 0.1) is 5.92 Å². The molecule has 1 saturated heterocycles. The molecule has 0 aromatic heterocycles. The lowest BCUT2D eigenvalue weighted by Crippen LogP contribution is -2.44. The summed E-state index contributed by atoms with van der Waals surface area (Å²) >= 11 is 5.84. The monoisotopic (exact) mass is 464 g/mol. The van der Waals surface area contributed by atoms with Crippen molar-refractivity contribution in [3.8, 4) is 0 Å². The van der Waals surface area contributed by atoms with Crippen molar-refractivity contribution in [2.45, 2.75) is 45.5 Å². The summed E-state index contributed by atoms with van der Waals surface area (Å²) < 4.78 is 40.1. The smallest absolute Gasteiger partial charge is 0.418 e. The Hall–Kier alpha value is -2.10. The van der Waals surface area contributed by atoms with Gasteiger partial charge in [-0.1, -0.05) is 37.6 Å². The van der Waals surface area contributed by atoms with Gasteiger partial charge in [-0.3, -0.25) is 4.90 Å². The van der Waals surface area contributed by atoms with Gasteiger partial charge in [0.2, 0.25) is 0 Å². The quantitative estimate of drug-likeness (QED) is 0.522. The van der Waals surface area contributed by atoms with Crippen molar-refractivity contribution in [1.82, 2.24) is 10.2 Å². The summed E-state index contributed by atoms with van der Waals surface area (Å²) in [6.07, 6.45) is -1.38. The standard InChI is InChI=1S/C17H24ClF3N2.C4H4O4/c1-12(2)10-23(14-6-8-22-9-7-14)11-13-4-3-5-15(18)16(13)17(19,20)21;5-3(6)1-2-4(7)8/h3-5,12,14,22H,6-11H2,1-2H3;1-2H,(H,5,6)(H,7,8)/b;2-1+.